The van der Waals surface area contributed by atoms with Crippen LogP contribution in [0.2, 0.25) is 0 Å². The van der Waals surface area contributed by atoms with Crippen LogP contribution in [0.25, 0.3) is 0 Å². The molecule has 0 N–H and O–H groups in total. The van der Waals surface area contributed by atoms with Gasteiger partial charge in [-0.1, -0.05) is 201 Å². The van der Waals surface area contributed by atoms with Gasteiger partial charge in [0.15, 0.2) is 6.10 Å². The van der Waals surface area contributed by atoms with Crippen LogP contribution in [0.5, 0.6) is 0 Å². The first-order valence-electron chi connectivity index (χ1n) is 21.5. The molecule has 0 aromatic heterocycles. The molecule has 6 nitrogen and oxygen atoms in total. The predicted octanol–water partition coefficient (Wildman–Crippen LogP) is 13.3. The summed E-state index contributed by atoms with van der Waals surface area (Å²) < 4.78 is 16.6. The third-order valence-electron chi connectivity index (χ3n) is 9.61. The molecule has 0 rings (SSSR count). The summed E-state index contributed by atoms with van der Waals surface area (Å²) in [6.07, 6.45) is 38.1. The molecule has 0 heterocycles. The van der Waals surface area contributed by atoms with Crippen LogP contribution in [0.15, 0.2) is 0 Å². The zero-order chi connectivity index (χ0) is 35.9. The molecular formula is C43H82O6. The second kappa shape index (κ2) is 39.2. The van der Waals surface area contributed by atoms with E-state index < -0.39 is 6.10 Å². The topological polar surface area (TPSA) is 78.9 Å². The van der Waals surface area contributed by atoms with Crippen LogP contribution in [-0.2, 0) is 28.6 Å². The van der Waals surface area contributed by atoms with Gasteiger partial charge in [0, 0.05) is 19.3 Å². The van der Waals surface area contributed by atoms with E-state index in [2.05, 4.69) is 20.8 Å². The highest BCUT2D eigenvalue weighted by Crippen LogP contribution is 2.15. The van der Waals surface area contributed by atoms with Crippen molar-refractivity contribution >= 4 is 17.9 Å². The first-order chi connectivity index (χ1) is 24.0. The summed E-state index contributed by atoms with van der Waals surface area (Å²) in [6.45, 7) is 6.58. The van der Waals surface area contributed by atoms with E-state index in [4.69, 9.17) is 14.2 Å². The lowest BCUT2D eigenvalue weighted by atomic mass is 10.0. The molecule has 0 amide bonds. The van der Waals surface area contributed by atoms with Crippen molar-refractivity contribution in [3.63, 3.8) is 0 Å². The number of esters is 3. The summed E-state index contributed by atoms with van der Waals surface area (Å²) in [5.74, 6) is -0.865. The molecule has 6 heteroatoms. The molecule has 0 fully saturated rings. The van der Waals surface area contributed by atoms with Crippen LogP contribution in [-0.4, -0.2) is 37.2 Å². The molecule has 1 atom stereocenters. The van der Waals surface area contributed by atoms with Gasteiger partial charge in [-0.25, -0.2) is 0 Å². The molecule has 0 aliphatic carbocycles. The fraction of sp³-hybridized carbons (Fsp3) is 0.930. The molecule has 0 saturated carbocycles. The first-order valence-corrected chi connectivity index (χ1v) is 21.5. The van der Waals surface area contributed by atoms with Crippen molar-refractivity contribution in [3.05, 3.63) is 0 Å². The van der Waals surface area contributed by atoms with Gasteiger partial charge >= 0.3 is 17.9 Å². The normalized spacial score (nSPS) is 11.8. The highest BCUT2D eigenvalue weighted by Gasteiger charge is 2.19. The van der Waals surface area contributed by atoms with E-state index in [1.54, 1.807) is 0 Å². The minimum atomic E-state index is -0.756. The minimum Gasteiger partial charge on any atom is -0.462 e. The van der Waals surface area contributed by atoms with Gasteiger partial charge in [-0.05, 0) is 19.3 Å². The smallest absolute Gasteiger partial charge is 0.306 e. The van der Waals surface area contributed by atoms with Gasteiger partial charge < -0.3 is 14.2 Å². The van der Waals surface area contributed by atoms with Gasteiger partial charge in [0.05, 0.1) is 0 Å². The number of carbonyl (C=O) groups is 3. The van der Waals surface area contributed by atoms with Gasteiger partial charge in [-0.15, -0.1) is 0 Å². The quantitative estimate of drug-likeness (QED) is 0.0362. The molecule has 0 aromatic carbocycles. The highest BCUT2D eigenvalue weighted by atomic mass is 16.6. The van der Waals surface area contributed by atoms with Gasteiger partial charge in [0.25, 0.3) is 0 Å². The number of hydrogen-bond acceptors (Lipinski definition) is 6. The van der Waals surface area contributed by atoms with Gasteiger partial charge in [-0.2, -0.15) is 0 Å². The van der Waals surface area contributed by atoms with Crippen molar-refractivity contribution < 1.29 is 28.6 Å². The molecule has 290 valence electrons. The monoisotopic (exact) mass is 695 g/mol. The Labute approximate surface area is 304 Å². The number of hydrogen-bond donors (Lipinski definition) is 0. The molecule has 0 aliphatic rings. The Morgan fingerprint density at radius 2 is 0.551 bits per heavy atom. The molecule has 1 unspecified atom stereocenters. The highest BCUT2D eigenvalue weighted by molar-refractivity contribution is 5.71. The van der Waals surface area contributed by atoms with Crippen molar-refractivity contribution in [2.75, 3.05) is 13.2 Å². The number of ether oxygens (including phenoxy) is 3. The maximum absolute atomic E-state index is 12.6. The number of rotatable bonds is 39. The summed E-state index contributed by atoms with van der Waals surface area (Å²) in [4.78, 5) is 37.4. The van der Waals surface area contributed by atoms with E-state index in [1.807, 2.05) is 0 Å². The standard InChI is InChI=1S/C43H82O6/c1-4-7-10-13-16-18-20-21-22-24-25-27-30-33-36-42(45)48-39-40(38-47-41(44)35-32-29-15-12-9-6-3)49-43(46)37-34-31-28-26-23-19-17-14-11-8-5-2/h40H,4-39H2,1-3H3. The Bertz CT molecular complexity index is 723. The second-order valence-corrected chi connectivity index (χ2v) is 14.6. The summed E-state index contributed by atoms with van der Waals surface area (Å²) in [5, 5.41) is 0. The lowest BCUT2D eigenvalue weighted by Crippen LogP contribution is -2.30. The fourth-order valence-corrected chi connectivity index (χ4v) is 6.32. The zero-order valence-corrected chi connectivity index (χ0v) is 33.0. The van der Waals surface area contributed by atoms with Crippen molar-refractivity contribution in [1.82, 2.24) is 0 Å². The molecular weight excluding hydrogens is 612 g/mol. The van der Waals surface area contributed by atoms with E-state index in [9.17, 15) is 14.4 Å². The van der Waals surface area contributed by atoms with Crippen LogP contribution in [0, 0.1) is 0 Å². The maximum Gasteiger partial charge on any atom is 0.306 e. The Kier molecular flexibility index (Phi) is 37.9. The Morgan fingerprint density at radius 3 is 0.816 bits per heavy atom. The van der Waals surface area contributed by atoms with Crippen molar-refractivity contribution in [2.24, 2.45) is 0 Å². The number of unbranched alkanes of at least 4 members (excludes halogenated alkanes) is 28. The fourth-order valence-electron chi connectivity index (χ4n) is 6.32. The first kappa shape index (κ1) is 47.4. The average Bonchev–Trinajstić information content (AvgIpc) is 3.10. The lowest BCUT2D eigenvalue weighted by molar-refractivity contribution is -0.167. The average molecular weight is 695 g/mol. The van der Waals surface area contributed by atoms with Crippen molar-refractivity contribution in [1.29, 1.82) is 0 Å². The summed E-state index contributed by atoms with van der Waals surface area (Å²) in [5.41, 5.74) is 0. The van der Waals surface area contributed by atoms with Crippen LogP contribution < -0.4 is 0 Å². The van der Waals surface area contributed by atoms with Crippen LogP contribution in [0.4, 0.5) is 0 Å². The maximum atomic E-state index is 12.6. The van der Waals surface area contributed by atoms with E-state index in [0.29, 0.717) is 19.3 Å². The molecule has 0 saturated heterocycles. The summed E-state index contributed by atoms with van der Waals surface area (Å²) in [7, 11) is 0. The number of carbonyl (C=O) groups excluding carboxylic acids is 3. The lowest BCUT2D eigenvalue weighted by Gasteiger charge is -2.18. The second-order valence-electron chi connectivity index (χ2n) is 14.6. The van der Waals surface area contributed by atoms with Gasteiger partial charge in [0.1, 0.15) is 13.2 Å². The van der Waals surface area contributed by atoms with E-state index in [0.717, 1.165) is 57.8 Å². The Hall–Kier alpha value is -1.59. The van der Waals surface area contributed by atoms with E-state index in [-0.39, 0.29) is 31.1 Å². The molecule has 0 bridgehead atoms. The summed E-state index contributed by atoms with van der Waals surface area (Å²) in [6, 6.07) is 0. The third kappa shape index (κ3) is 37.5. The zero-order valence-electron chi connectivity index (χ0n) is 33.0. The van der Waals surface area contributed by atoms with Crippen molar-refractivity contribution in [2.45, 2.75) is 245 Å². The van der Waals surface area contributed by atoms with Crippen LogP contribution in [0.3, 0.4) is 0 Å². The third-order valence-corrected chi connectivity index (χ3v) is 9.61. The Balaban J connectivity index is 4.23. The van der Waals surface area contributed by atoms with Crippen molar-refractivity contribution in [3.8, 4) is 0 Å². The largest absolute Gasteiger partial charge is 0.462 e. The molecule has 49 heavy (non-hydrogen) atoms. The van der Waals surface area contributed by atoms with E-state index >= 15 is 0 Å². The summed E-state index contributed by atoms with van der Waals surface area (Å²) >= 11 is 0. The minimum absolute atomic E-state index is 0.0638. The molecule has 0 radical (unpaired) electrons. The Morgan fingerprint density at radius 1 is 0.327 bits per heavy atom. The molecule has 0 aromatic rings. The molecule has 0 aliphatic heterocycles. The van der Waals surface area contributed by atoms with E-state index in [1.165, 1.54) is 141 Å². The van der Waals surface area contributed by atoms with Crippen LogP contribution >= 0.6 is 0 Å². The van der Waals surface area contributed by atoms with Gasteiger partial charge in [0.2, 0.25) is 0 Å². The van der Waals surface area contributed by atoms with Crippen LogP contribution in [0.1, 0.15) is 239 Å². The molecule has 0 spiro atoms. The predicted molar refractivity (Wildman–Crippen MR) is 206 cm³/mol. The SMILES string of the molecule is CCCCCCCCCCCCCCCCC(=O)OCC(COC(=O)CCCCCCCC)OC(=O)CCCCCCCCCCCCC. The van der Waals surface area contributed by atoms with Gasteiger partial charge in [-0.3, -0.25) is 14.4 Å².